The van der Waals surface area contributed by atoms with Gasteiger partial charge in [0.05, 0.1) is 5.56 Å². The molecule has 0 aliphatic heterocycles. The maximum absolute atomic E-state index is 13.4. The second-order valence-corrected chi connectivity index (χ2v) is 4.07. The topological polar surface area (TPSA) is 46.9 Å². The summed E-state index contributed by atoms with van der Waals surface area (Å²) in [7, 11) is 0. The Balaban J connectivity index is 2.19. The Morgan fingerprint density at radius 2 is 2.28 bits per heavy atom. The van der Waals surface area contributed by atoms with E-state index in [-0.39, 0.29) is 5.56 Å². The third-order valence-electron chi connectivity index (χ3n) is 2.38. The summed E-state index contributed by atoms with van der Waals surface area (Å²) in [6.45, 7) is 2.62. The molecule has 0 bridgehead atoms. The van der Waals surface area contributed by atoms with Crippen LogP contribution in [0, 0.1) is 5.82 Å². The molecule has 0 saturated carbocycles. The molecule has 1 aromatic carbocycles. The number of halogens is 2. The van der Waals surface area contributed by atoms with Gasteiger partial charge in [-0.2, -0.15) is 5.10 Å². The lowest BCUT2D eigenvalue weighted by Gasteiger charge is -2.03. The summed E-state index contributed by atoms with van der Waals surface area (Å²) in [4.78, 5) is 11.8. The van der Waals surface area contributed by atoms with Crippen molar-refractivity contribution in [1.82, 2.24) is 9.78 Å². The Morgan fingerprint density at radius 3 is 2.94 bits per heavy atom. The second kappa shape index (κ2) is 5.18. The van der Waals surface area contributed by atoms with Crippen molar-refractivity contribution in [3.63, 3.8) is 0 Å². The van der Waals surface area contributed by atoms with Crippen LogP contribution in [0.2, 0.25) is 5.02 Å². The quantitative estimate of drug-likeness (QED) is 0.929. The molecule has 0 atom stereocenters. The Kier molecular flexibility index (Phi) is 3.62. The summed E-state index contributed by atoms with van der Waals surface area (Å²) in [5.41, 5.74) is -0.103. The van der Waals surface area contributed by atoms with E-state index >= 15 is 0 Å². The predicted molar refractivity (Wildman–Crippen MR) is 67.3 cm³/mol. The van der Waals surface area contributed by atoms with E-state index in [9.17, 15) is 9.18 Å². The van der Waals surface area contributed by atoms with Gasteiger partial charge >= 0.3 is 0 Å². The van der Waals surface area contributed by atoms with E-state index in [2.05, 4.69) is 10.4 Å². The van der Waals surface area contributed by atoms with Crippen molar-refractivity contribution in [1.29, 1.82) is 0 Å². The highest BCUT2D eigenvalue weighted by Gasteiger charge is 2.13. The van der Waals surface area contributed by atoms with Crippen LogP contribution < -0.4 is 5.32 Å². The van der Waals surface area contributed by atoms with Gasteiger partial charge in [0.25, 0.3) is 5.91 Å². The minimum absolute atomic E-state index is 0.103. The first-order valence-electron chi connectivity index (χ1n) is 5.40. The summed E-state index contributed by atoms with van der Waals surface area (Å²) < 4.78 is 15.1. The zero-order chi connectivity index (χ0) is 13.1. The molecule has 4 nitrogen and oxygen atoms in total. The average molecular weight is 268 g/mol. The van der Waals surface area contributed by atoms with Crippen molar-refractivity contribution in [2.75, 3.05) is 5.32 Å². The van der Waals surface area contributed by atoms with Gasteiger partial charge in [-0.1, -0.05) is 11.6 Å². The van der Waals surface area contributed by atoms with Crippen molar-refractivity contribution in [3.8, 4) is 0 Å². The van der Waals surface area contributed by atoms with Gasteiger partial charge in [0.1, 0.15) is 5.82 Å². The van der Waals surface area contributed by atoms with Gasteiger partial charge in [-0.25, -0.2) is 4.39 Å². The van der Waals surface area contributed by atoms with Gasteiger partial charge in [0, 0.05) is 23.8 Å². The summed E-state index contributed by atoms with van der Waals surface area (Å²) in [5.74, 6) is -0.815. The maximum atomic E-state index is 13.4. The molecule has 1 aromatic heterocycles. The zero-order valence-corrected chi connectivity index (χ0v) is 10.4. The Morgan fingerprint density at radius 1 is 1.50 bits per heavy atom. The summed E-state index contributed by atoms with van der Waals surface area (Å²) in [6.07, 6.45) is 1.73. The number of anilines is 1. The highest BCUT2D eigenvalue weighted by atomic mass is 35.5. The normalized spacial score (nSPS) is 10.4. The van der Waals surface area contributed by atoms with Crippen molar-refractivity contribution in [3.05, 3.63) is 46.9 Å². The third-order valence-corrected chi connectivity index (χ3v) is 2.61. The number of carbonyl (C=O) groups is 1. The van der Waals surface area contributed by atoms with Crippen LogP contribution in [-0.4, -0.2) is 15.7 Å². The van der Waals surface area contributed by atoms with Crippen LogP contribution in [0.1, 0.15) is 17.3 Å². The van der Waals surface area contributed by atoms with Gasteiger partial charge in [-0.15, -0.1) is 0 Å². The lowest BCUT2D eigenvalue weighted by Crippen LogP contribution is -2.14. The van der Waals surface area contributed by atoms with Gasteiger partial charge in [0.15, 0.2) is 5.82 Å². The highest BCUT2D eigenvalue weighted by molar-refractivity contribution is 6.31. The molecular formula is C12H11ClFN3O. The summed E-state index contributed by atoms with van der Waals surface area (Å²) in [6, 6.07) is 5.47. The molecule has 0 saturated heterocycles. The first-order chi connectivity index (χ1) is 8.60. The molecule has 0 aliphatic carbocycles. The number of nitrogens with zero attached hydrogens (tertiary/aromatic N) is 2. The van der Waals surface area contributed by atoms with E-state index < -0.39 is 11.7 Å². The standard InChI is InChI=1S/C12H11ClFN3O/c1-2-17-6-5-11(16-17)15-12(18)9-7-8(13)3-4-10(9)14/h3-7H,2H2,1H3,(H,15,16,18). The van der Waals surface area contributed by atoms with Crippen molar-refractivity contribution < 1.29 is 9.18 Å². The van der Waals surface area contributed by atoms with Crippen LogP contribution in [0.15, 0.2) is 30.5 Å². The SMILES string of the molecule is CCn1ccc(NC(=O)c2cc(Cl)ccc2F)n1. The molecule has 1 N–H and O–H groups in total. The molecule has 2 aromatic rings. The minimum Gasteiger partial charge on any atom is -0.305 e. The Labute approximate surface area is 108 Å². The molecule has 18 heavy (non-hydrogen) atoms. The molecular weight excluding hydrogens is 257 g/mol. The van der Waals surface area contributed by atoms with E-state index in [4.69, 9.17) is 11.6 Å². The van der Waals surface area contributed by atoms with Crippen LogP contribution in [0.25, 0.3) is 0 Å². The second-order valence-electron chi connectivity index (χ2n) is 3.63. The number of nitrogens with one attached hydrogen (secondary N) is 1. The van der Waals surface area contributed by atoms with Crippen LogP contribution in [-0.2, 0) is 6.54 Å². The first kappa shape index (κ1) is 12.6. The van der Waals surface area contributed by atoms with Crippen molar-refractivity contribution >= 4 is 23.3 Å². The summed E-state index contributed by atoms with van der Waals surface area (Å²) >= 11 is 5.72. The molecule has 94 valence electrons. The van der Waals surface area contributed by atoms with E-state index in [0.717, 1.165) is 6.07 Å². The van der Waals surface area contributed by atoms with E-state index in [1.807, 2.05) is 6.92 Å². The molecule has 6 heteroatoms. The predicted octanol–water partition coefficient (Wildman–Crippen LogP) is 2.95. The van der Waals surface area contributed by atoms with E-state index in [0.29, 0.717) is 17.4 Å². The first-order valence-corrected chi connectivity index (χ1v) is 5.78. The van der Waals surface area contributed by atoms with E-state index in [1.165, 1.54) is 12.1 Å². The van der Waals surface area contributed by atoms with Gasteiger partial charge < -0.3 is 5.32 Å². The largest absolute Gasteiger partial charge is 0.305 e. The number of aromatic nitrogens is 2. The molecule has 0 aliphatic rings. The van der Waals surface area contributed by atoms with E-state index in [1.54, 1.807) is 16.9 Å². The smallest absolute Gasteiger partial charge is 0.259 e. The number of hydrogen-bond donors (Lipinski definition) is 1. The van der Waals surface area contributed by atoms with Crippen LogP contribution in [0.3, 0.4) is 0 Å². The lowest BCUT2D eigenvalue weighted by atomic mass is 10.2. The number of amides is 1. The third kappa shape index (κ3) is 2.68. The monoisotopic (exact) mass is 267 g/mol. The number of carbonyl (C=O) groups excluding carboxylic acids is 1. The van der Waals surface area contributed by atoms with Crippen molar-refractivity contribution in [2.45, 2.75) is 13.5 Å². The van der Waals surface area contributed by atoms with Crippen LogP contribution in [0.4, 0.5) is 10.2 Å². The highest BCUT2D eigenvalue weighted by Crippen LogP contribution is 2.16. The molecule has 0 unspecified atom stereocenters. The maximum Gasteiger partial charge on any atom is 0.259 e. The molecule has 1 heterocycles. The minimum atomic E-state index is -0.619. The summed E-state index contributed by atoms with van der Waals surface area (Å²) in [5, 5.41) is 6.89. The fourth-order valence-electron chi connectivity index (χ4n) is 1.46. The molecule has 1 amide bonds. The number of rotatable bonds is 3. The number of benzene rings is 1. The van der Waals surface area contributed by atoms with Gasteiger partial charge in [-0.3, -0.25) is 9.48 Å². The molecule has 0 fully saturated rings. The average Bonchev–Trinajstić information content (AvgIpc) is 2.80. The molecule has 0 spiro atoms. The van der Waals surface area contributed by atoms with Crippen molar-refractivity contribution in [2.24, 2.45) is 0 Å². The molecule has 0 radical (unpaired) electrons. The number of aryl methyl sites for hydroxylation is 1. The van der Waals surface area contributed by atoms with Gasteiger partial charge in [-0.05, 0) is 25.1 Å². The Hall–Kier alpha value is -1.88. The fraction of sp³-hybridized carbons (Fsp3) is 0.167. The Bertz CT molecular complexity index is 582. The van der Waals surface area contributed by atoms with Crippen LogP contribution >= 0.6 is 11.6 Å². The number of hydrogen-bond acceptors (Lipinski definition) is 2. The fourth-order valence-corrected chi connectivity index (χ4v) is 1.63. The van der Waals surface area contributed by atoms with Gasteiger partial charge in [0.2, 0.25) is 0 Å². The molecule has 2 rings (SSSR count). The zero-order valence-electron chi connectivity index (χ0n) is 9.65. The lowest BCUT2D eigenvalue weighted by molar-refractivity contribution is 0.102. The van der Waals surface area contributed by atoms with Crippen LogP contribution in [0.5, 0.6) is 0 Å².